The van der Waals surface area contributed by atoms with Crippen LogP contribution in [0.3, 0.4) is 0 Å². The SMILES string of the molecule is COC(=O)C1CCN(S(=O)(=O)CC#N)CC1. The Labute approximate surface area is 94.8 Å². The third kappa shape index (κ3) is 2.93. The van der Waals surface area contributed by atoms with Gasteiger partial charge in [-0.1, -0.05) is 0 Å². The quantitative estimate of drug-likeness (QED) is 0.639. The van der Waals surface area contributed by atoms with E-state index in [9.17, 15) is 13.2 Å². The lowest BCUT2D eigenvalue weighted by Gasteiger charge is -2.29. The summed E-state index contributed by atoms with van der Waals surface area (Å²) in [6.07, 6.45) is 0.911. The number of nitrogens with zero attached hydrogens (tertiary/aromatic N) is 2. The summed E-state index contributed by atoms with van der Waals surface area (Å²) in [7, 11) is -2.15. The molecule has 0 unspecified atom stereocenters. The summed E-state index contributed by atoms with van der Waals surface area (Å²) in [5.74, 6) is -1.02. The Balaban J connectivity index is 2.56. The van der Waals surface area contributed by atoms with Crippen molar-refractivity contribution in [3.8, 4) is 6.07 Å². The fourth-order valence-electron chi connectivity index (χ4n) is 1.71. The molecule has 0 N–H and O–H groups in total. The van der Waals surface area contributed by atoms with Crippen molar-refractivity contribution in [1.82, 2.24) is 4.31 Å². The van der Waals surface area contributed by atoms with Gasteiger partial charge in [-0.3, -0.25) is 4.79 Å². The second-order valence-electron chi connectivity index (χ2n) is 3.61. The van der Waals surface area contributed by atoms with Gasteiger partial charge in [-0.05, 0) is 12.8 Å². The number of nitriles is 1. The maximum atomic E-state index is 11.5. The highest BCUT2D eigenvalue weighted by Crippen LogP contribution is 2.20. The van der Waals surface area contributed by atoms with E-state index >= 15 is 0 Å². The van der Waals surface area contributed by atoms with Gasteiger partial charge in [0.25, 0.3) is 0 Å². The molecule has 0 saturated carbocycles. The lowest BCUT2D eigenvalue weighted by atomic mass is 9.99. The Morgan fingerprint density at radius 1 is 1.50 bits per heavy atom. The zero-order chi connectivity index (χ0) is 12.2. The van der Waals surface area contributed by atoms with Gasteiger partial charge in [0.2, 0.25) is 10.0 Å². The molecule has 0 radical (unpaired) electrons. The molecule has 16 heavy (non-hydrogen) atoms. The van der Waals surface area contributed by atoms with Crippen molar-refractivity contribution in [3.05, 3.63) is 0 Å². The van der Waals surface area contributed by atoms with Crippen molar-refractivity contribution in [2.75, 3.05) is 26.0 Å². The molecular weight excluding hydrogens is 232 g/mol. The van der Waals surface area contributed by atoms with Crippen LogP contribution < -0.4 is 0 Å². The molecule has 0 aliphatic carbocycles. The first-order valence-corrected chi connectivity index (χ1v) is 6.55. The third-order valence-corrected chi connectivity index (χ3v) is 4.27. The van der Waals surface area contributed by atoms with Crippen LogP contribution in [0.15, 0.2) is 0 Å². The average Bonchev–Trinajstić information content (AvgIpc) is 2.28. The summed E-state index contributed by atoms with van der Waals surface area (Å²) in [6, 6.07) is 1.63. The Kier molecular flexibility index (Phi) is 4.26. The fourth-order valence-corrected chi connectivity index (χ4v) is 2.82. The molecular formula is C9H14N2O4S. The predicted octanol–water partition coefficient (Wildman–Crippen LogP) is -0.275. The molecule has 1 rings (SSSR count). The molecule has 1 saturated heterocycles. The number of carbonyl (C=O) groups is 1. The Morgan fingerprint density at radius 2 is 2.06 bits per heavy atom. The van der Waals surface area contributed by atoms with E-state index in [1.807, 2.05) is 0 Å². The van der Waals surface area contributed by atoms with Gasteiger partial charge in [-0.15, -0.1) is 0 Å². The summed E-state index contributed by atoms with van der Waals surface area (Å²) in [5.41, 5.74) is 0. The molecule has 1 aliphatic rings. The topological polar surface area (TPSA) is 87.5 Å². The molecule has 0 aromatic rings. The molecule has 0 aromatic carbocycles. The van der Waals surface area contributed by atoms with E-state index in [0.29, 0.717) is 12.8 Å². The molecule has 1 heterocycles. The van der Waals surface area contributed by atoms with Crippen LogP contribution in [0.1, 0.15) is 12.8 Å². The Morgan fingerprint density at radius 3 is 2.50 bits per heavy atom. The van der Waals surface area contributed by atoms with Gasteiger partial charge in [0.05, 0.1) is 19.1 Å². The molecule has 90 valence electrons. The van der Waals surface area contributed by atoms with E-state index in [-0.39, 0.29) is 25.0 Å². The molecule has 6 nitrogen and oxygen atoms in total. The maximum Gasteiger partial charge on any atom is 0.308 e. The summed E-state index contributed by atoms with van der Waals surface area (Å²) in [5, 5.41) is 8.38. The van der Waals surface area contributed by atoms with Crippen LogP contribution in [0.2, 0.25) is 0 Å². The van der Waals surface area contributed by atoms with E-state index < -0.39 is 15.8 Å². The number of esters is 1. The molecule has 1 fully saturated rings. The zero-order valence-corrected chi connectivity index (χ0v) is 9.87. The van der Waals surface area contributed by atoms with Crippen LogP contribution in [0.4, 0.5) is 0 Å². The van der Waals surface area contributed by atoms with E-state index in [4.69, 9.17) is 5.26 Å². The van der Waals surface area contributed by atoms with Gasteiger partial charge in [0.1, 0.15) is 0 Å². The van der Waals surface area contributed by atoms with Crippen LogP contribution in [0, 0.1) is 17.2 Å². The second kappa shape index (κ2) is 5.27. The lowest BCUT2D eigenvalue weighted by molar-refractivity contribution is -0.146. The standard InChI is InChI=1S/C9H14N2O4S/c1-15-9(12)8-2-5-11(6-3-8)16(13,14)7-4-10/h8H,2-3,5-7H2,1H3. The summed E-state index contributed by atoms with van der Waals surface area (Å²) in [6.45, 7) is 0.563. The molecule has 0 spiro atoms. The van der Waals surface area contributed by atoms with Crippen LogP contribution in [0.25, 0.3) is 0 Å². The number of ether oxygens (including phenoxy) is 1. The van der Waals surface area contributed by atoms with Crippen molar-refractivity contribution in [1.29, 1.82) is 5.26 Å². The number of rotatable bonds is 3. The minimum Gasteiger partial charge on any atom is -0.469 e. The van der Waals surface area contributed by atoms with Gasteiger partial charge in [-0.2, -0.15) is 5.26 Å². The van der Waals surface area contributed by atoms with E-state index in [1.165, 1.54) is 11.4 Å². The lowest BCUT2D eigenvalue weighted by Crippen LogP contribution is -2.41. The molecule has 0 atom stereocenters. The zero-order valence-electron chi connectivity index (χ0n) is 9.05. The van der Waals surface area contributed by atoms with Crippen LogP contribution in [0.5, 0.6) is 0 Å². The Hall–Kier alpha value is -1.13. The number of hydrogen-bond donors (Lipinski definition) is 0. The highest BCUT2D eigenvalue weighted by Gasteiger charge is 2.31. The van der Waals surface area contributed by atoms with Gasteiger partial charge < -0.3 is 4.74 Å². The van der Waals surface area contributed by atoms with Crippen LogP contribution in [-0.4, -0.2) is 44.6 Å². The van der Waals surface area contributed by atoms with Gasteiger partial charge in [-0.25, -0.2) is 12.7 Å². The minimum absolute atomic E-state index is 0.224. The minimum atomic E-state index is -3.47. The molecule has 7 heteroatoms. The highest BCUT2D eigenvalue weighted by molar-refractivity contribution is 7.89. The first-order chi connectivity index (χ1) is 7.51. The van der Waals surface area contributed by atoms with E-state index in [0.717, 1.165) is 0 Å². The normalized spacial score (nSPS) is 19.0. The largest absolute Gasteiger partial charge is 0.469 e. The van der Waals surface area contributed by atoms with Crippen molar-refractivity contribution >= 4 is 16.0 Å². The van der Waals surface area contributed by atoms with Gasteiger partial charge in [0, 0.05) is 13.1 Å². The summed E-state index contributed by atoms with van der Waals surface area (Å²) < 4.78 is 28.9. The first kappa shape index (κ1) is 12.9. The smallest absolute Gasteiger partial charge is 0.308 e. The first-order valence-electron chi connectivity index (χ1n) is 4.94. The molecule has 0 aromatic heterocycles. The highest BCUT2D eigenvalue weighted by atomic mass is 32.2. The van der Waals surface area contributed by atoms with Crippen LogP contribution in [-0.2, 0) is 19.6 Å². The average molecular weight is 246 g/mol. The summed E-state index contributed by atoms with van der Waals surface area (Å²) >= 11 is 0. The maximum absolute atomic E-state index is 11.5. The third-order valence-electron chi connectivity index (χ3n) is 2.63. The molecule has 0 amide bonds. The monoisotopic (exact) mass is 246 g/mol. The fraction of sp³-hybridized carbons (Fsp3) is 0.778. The van der Waals surface area contributed by atoms with Crippen molar-refractivity contribution in [2.45, 2.75) is 12.8 Å². The predicted molar refractivity (Wildman–Crippen MR) is 55.7 cm³/mol. The van der Waals surface area contributed by atoms with E-state index in [1.54, 1.807) is 6.07 Å². The van der Waals surface area contributed by atoms with Crippen molar-refractivity contribution in [3.63, 3.8) is 0 Å². The number of methoxy groups -OCH3 is 1. The molecule has 1 aliphatic heterocycles. The number of piperidine rings is 1. The summed E-state index contributed by atoms with van der Waals surface area (Å²) in [4.78, 5) is 11.2. The van der Waals surface area contributed by atoms with Gasteiger partial charge in [0.15, 0.2) is 5.75 Å². The van der Waals surface area contributed by atoms with E-state index in [2.05, 4.69) is 4.74 Å². The number of carbonyl (C=O) groups excluding carboxylic acids is 1. The molecule has 0 bridgehead atoms. The number of sulfonamides is 1. The Bertz CT molecular complexity index is 390. The number of hydrogen-bond acceptors (Lipinski definition) is 5. The van der Waals surface area contributed by atoms with Gasteiger partial charge >= 0.3 is 5.97 Å². The van der Waals surface area contributed by atoms with Crippen molar-refractivity contribution in [2.24, 2.45) is 5.92 Å². The second-order valence-corrected chi connectivity index (χ2v) is 5.58. The van der Waals surface area contributed by atoms with Crippen molar-refractivity contribution < 1.29 is 17.9 Å². The van der Waals surface area contributed by atoms with Crippen LogP contribution >= 0.6 is 0 Å².